The number of carbonyl (C=O) groups excluding carboxylic acids is 1. The van der Waals surface area contributed by atoms with Gasteiger partial charge in [0, 0.05) is 24.6 Å². The van der Waals surface area contributed by atoms with Crippen molar-refractivity contribution in [3.8, 4) is 5.82 Å². The second-order valence-corrected chi connectivity index (χ2v) is 7.05. The first-order chi connectivity index (χ1) is 15.7. The van der Waals surface area contributed by atoms with Gasteiger partial charge in [0.15, 0.2) is 5.69 Å². The molecular weight excluding hydrogens is 412 g/mol. The summed E-state index contributed by atoms with van der Waals surface area (Å²) in [5.74, 6) is -0.306. The van der Waals surface area contributed by atoms with Crippen molar-refractivity contribution in [1.82, 2.24) is 35.7 Å². The highest BCUT2D eigenvalue weighted by atomic mass is 16.6. The zero-order chi connectivity index (χ0) is 21.9. The minimum absolute atomic E-state index is 0.0423. The molecule has 5 rings (SSSR count). The molecule has 0 radical (unpaired) electrons. The fraction of sp³-hybridized carbons (Fsp3) is 0.150. The monoisotopic (exact) mass is 430 g/mol. The highest BCUT2D eigenvalue weighted by Gasteiger charge is 2.27. The van der Waals surface area contributed by atoms with Crippen LogP contribution in [0.2, 0.25) is 0 Å². The molecule has 12 nitrogen and oxygen atoms in total. The van der Waals surface area contributed by atoms with E-state index < -0.39 is 5.91 Å². The molecule has 0 spiro atoms. The van der Waals surface area contributed by atoms with E-state index in [4.69, 9.17) is 10.4 Å². The van der Waals surface area contributed by atoms with Gasteiger partial charge in [0.2, 0.25) is 11.6 Å². The summed E-state index contributed by atoms with van der Waals surface area (Å²) in [7, 11) is 0. The average Bonchev–Trinajstić information content (AvgIpc) is 3.53. The van der Waals surface area contributed by atoms with Crippen molar-refractivity contribution >= 4 is 23.6 Å². The van der Waals surface area contributed by atoms with Gasteiger partial charge in [-0.25, -0.2) is 10.1 Å². The van der Waals surface area contributed by atoms with Crippen molar-refractivity contribution in [2.45, 2.75) is 13.0 Å². The van der Waals surface area contributed by atoms with Crippen LogP contribution in [-0.4, -0.2) is 49.0 Å². The van der Waals surface area contributed by atoms with E-state index in [1.54, 1.807) is 24.5 Å². The number of pyridine rings is 1. The van der Waals surface area contributed by atoms with Crippen LogP contribution >= 0.6 is 0 Å². The molecule has 0 saturated carbocycles. The lowest BCUT2D eigenvalue weighted by Crippen LogP contribution is -2.26. The van der Waals surface area contributed by atoms with Gasteiger partial charge < -0.3 is 10.6 Å². The number of fused-ring (bicyclic) bond motifs is 1. The summed E-state index contributed by atoms with van der Waals surface area (Å²) in [6, 6.07) is 11.7. The summed E-state index contributed by atoms with van der Waals surface area (Å²) < 4.78 is 6.08. The van der Waals surface area contributed by atoms with E-state index in [0.717, 1.165) is 24.2 Å². The molecular formula is C20H18N10O2. The summed E-state index contributed by atoms with van der Waals surface area (Å²) in [6.07, 6.45) is 5.69. The van der Waals surface area contributed by atoms with Gasteiger partial charge in [-0.15, -0.1) is 5.10 Å². The standard InChI is InChI=1S/C20H18N10O2/c21-18-19(27-32-26-18)30-16(12-29-10-7-14-3-1-2-4-15(14)29)17(24-28-30)20(31)25-23-11-13-5-8-22-9-6-13/h1-6,8-9,11H,7,10,12H2,(H2,21,26)(H,25,31). The first-order valence-electron chi connectivity index (χ1n) is 9.80. The number of nitrogens with zero attached hydrogens (tertiary/aromatic N) is 8. The quantitative estimate of drug-likeness (QED) is 0.336. The normalized spacial score (nSPS) is 12.9. The van der Waals surface area contributed by atoms with Crippen LogP contribution in [0.15, 0.2) is 58.5 Å². The van der Waals surface area contributed by atoms with Crippen LogP contribution in [0, 0.1) is 0 Å². The average molecular weight is 430 g/mol. The molecule has 3 N–H and O–H groups in total. The number of nitrogen functional groups attached to an aromatic ring is 1. The lowest BCUT2D eigenvalue weighted by Gasteiger charge is -2.19. The Morgan fingerprint density at radius 1 is 1.22 bits per heavy atom. The molecule has 12 heteroatoms. The molecule has 0 aliphatic carbocycles. The second kappa shape index (κ2) is 8.26. The summed E-state index contributed by atoms with van der Waals surface area (Å²) in [5.41, 5.74) is 12.1. The van der Waals surface area contributed by atoms with Gasteiger partial charge in [-0.05, 0) is 46.1 Å². The van der Waals surface area contributed by atoms with E-state index in [2.05, 4.69) is 47.1 Å². The van der Waals surface area contributed by atoms with Crippen molar-refractivity contribution < 1.29 is 9.42 Å². The van der Waals surface area contributed by atoms with E-state index in [0.29, 0.717) is 12.2 Å². The Kier molecular flexibility index (Phi) is 5.00. The molecule has 0 unspecified atom stereocenters. The highest BCUT2D eigenvalue weighted by molar-refractivity contribution is 5.94. The summed E-state index contributed by atoms with van der Waals surface area (Å²) >= 11 is 0. The zero-order valence-electron chi connectivity index (χ0n) is 16.8. The third-order valence-electron chi connectivity index (χ3n) is 5.08. The van der Waals surface area contributed by atoms with Gasteiger partial charge >= 0.3 is 0 Å². The Labute approximate surface area is 181 Å². The first-order valence-corrected chi connectivity index (χ1v) is 9.80. The Balaban J connectivity index is 1.45. The van der Waals surface area contributed by atoms with Crippen LogP contribution in [0.25, 0.3) is 5.82 Å². The summed E-state index contributed by atoms with van der Waals surface area (Å²) in [5, 5.41) is 19.5. The lowest BCUT2D eigenvalue weighted by atomic mass is 10.2. The van der Waals surface area contributed by atoms with E-state index >= 15 is 0 Å². The second-order valence-electron chi connectivity index (χ2n) is 7.05. The summed E-state index contributed by atoms with van der Waals surface area (Å²) in [6.45, 7) is 1.14. The number of nitrogens with one attached hydrogen (secondary N) is 1. The topological polar surface area (TPSA) is 153 Å². The number of carbonyl (C=O) groups is 1. The highest BCUT2D eigenvalue weighted by Crippen LogP contribution is 2.29. The molecule has 4 aromatic rings. The van der Waals surface area contributed by atoms with Crippen molar-refractivity contribution in [3.63, 3.8) is 0 Å². The number of rotatable bonds is 6. The molecule has 160 valence electrons. The number of para-hydroxylation sites is 1. The van der Waals surface area contributed by atoms with Gasteiger partial charge in [-0.1, -0.05) is 23.4 Å². The minimum atomic E-state index is -0.515. The van der Waals surface area contributed by atoms with Crippen LogP contribution < -0.4 is 16.1 Å². The van der Waals surface area contributed by atoms with E-state index in [1.165, 1.54) is 16.5 Å². The smallest absolute Gasteiger partial charge is 0.293 e. The van der Waals surface area contributed by atoms with Crippen LogP contribution in [0.3, 0.4) is 0 Å². The van der Waals surface area contributed by atoms with Crippen molar-refractivity contribution in [3.05, 3.63) is 71.3 Å². The molecule has 0 saturated heterocycles. The number of hydrazone groups is 1. The Morgan fingerprint density at radius 2 is 2.06 bits per heavy atom. The van der Waals surface area contributed by atoms with Crippen LogP contribution in [0.5, 0.6) is 0 Å². The van der Waals surface area contributed by atoms with E-state index in [1.807, 2.05) is 18.2 Å². The number of hydrogen-bond acceptors (Lipinski definition) is 10. The molecule has 1 amide bonds. The van der Waals surface area contributed by atoms with Crippen molar-refractivity contribution in [1.29, 1.82) is 0 Å². The fourth-order valence-electron chi connectivity index (χ4n) is 3.55. The van der Waals surface area contributed by atoms with E-state index in [9.17, 15) is 4.79 Å². The van der Waals surface area contributed by atoms with Crippen molar-refractivity contribution in [2.24, 2.45) is 5.10 Å². The van der Waals surface area contributed by atoms with Gasteiger partial charge in [-0.2, -0.15) is 9.78 Å². The lowest BCUT2D eigenvalue weighted by molar-refractivity contribution is 0.0949. The van der Waals surface area contributed by atoms with E-state index in [-0.39, 0.29) is 17.3 Å². The Bertz CT molecular complexity index is 1280. The third-order valence-corrected chi connectivity index (χ3v) is 5.08. The number of anilines is 2. The molecule has 3 aromatic heterocycles. The Hall–Kier alpha value is -4.61. The van der Waals surface area contributed by atoms with Gasteiger partial charge in [0.25, 0.3) is 5.91 Å². The SMILES string of the molecule is Nc1nonc1-n1nnc(C(=O)NN=Cc2ccncc2)c1CN1CCc2ccccc21. The van der Waals surface area contributed by atoms with Crippen LogP contribution in [0.4, 0.5) is 11.5 Å². The molecule has 32 heavy (non-hydrogen) atoms. The molecule has 4 heterocycles. The fourth-order valence-corrected chi connectivity index (χ4v) is 3.55. The molecule has 1 aliphatic rings. The molecule has 0 fully saturated rings. The van der Waals surface area contributed by atoms with Gasteiger partial charge in [0.05, 0.1) is 18.5 Å². The predicted molar refractivity (Wildman–Crippen MR) is 114 cm³/mol. The van der Waals surface area contributed by atoms with Gasteiger partial charge in [-0.3, -0.25) is 9.78 Å². The third kappa shape index (κ3) is 3.64. The number of aromatic nitrogens is 6. The number of hydrogen-bond donors (Lipinski definition) is 2. The minimum Gasteiger partial charge on any atom is -0.378 e. The number of nitrogens with two attached hydrogens (primary N) is 1. The maximum Gasteiger partial charge on any atom is 0.293 e. The number of benzene rings is 1. The van der Waals surface area contributed by atoms with Gasteiger partial charge in [0.1, 0.15) is 0 Å². The van der Waals surface area contributed by atoms with Crippen LogP contribution in [-0.2, 0) is 13.0 Å². The zero-order valence-corrected chi connectivity index (χ0v) is 16.8. The Morgan fingerprint density at radius 3 is 2.88 bits per heavy atom. The summed E-state index contributed by atoms with van der Waals surface area (Å²) in [4.78, 5) is 19.0. The maximum absolute atomic E-state index is 12.9. The molecule has 1 aromatic carbocycles. The number of amides is 1. The molecule has 1 aliphatic heterocycles. The van der Waals surface area contributed by atoms with Crippen LogP contribution in [0.1, 0.15) is 27.3 Å². The molecule has 0 bridgehead atoms. The van der Waals surface area contributed by atoms with Crippen molar-refractivity contribution in [2.75, 3.05) is 17.2 Å². The largest absolute Gasteiger partial charge is 0.378 e. The maximum atomic E-state index is 12.9. The first kappa shape index (κ1) is 19.4. The molecule has 0 atom stereocenters. The predicted octanol–water partition coefficient (Wildman–Crippen LogP) is 0.954.